The average molecular weight is 720 g/mol. The van der Waals surface area contributed by atoms with Gasteiger partial charge in [0.25, 0.3) is 23.6 Å². The Kier molecular flexibility index (Phi) is 13.9. The van der Waals surface area contributed by atoms with Crippen LogP contribution in [-0.4, -0.2) is 59.0 Å². The van der Waals surface area contributed by atoms with Gasteiger partial charge in [0, 0.05) is 46.3 Å². The Morgan fingerprint density at radius 3 is 1.28 bits per heavy atom. The molecule has 4 aromatic carbocycles. The number of hydrogen-bond acceptors (Lipinski definition) is 6. The summed E-state index contributed by atoms with van der Waals surface area (Å²) in [6.07, 6.45) is -1.68. The molecule has 4 amide bonds. The molecule has 6 N–H and O–H groups in total. The Hall–Kier alpha value is -4.74. The van der Waals surface area contributed by atoms with Crippen LogP contribution in [0.25, 0.3) is 0 Å². The van der Waals surface area contributed by atoms with Gasteiger partial charge >= 0.3 is 0 Å². The van der Waals surface area contributed by atoms with Crippen LogP contribution < -0.4 is 21.3 Å². The van der Waals surface area contributed by atoms with Crippen LogP contribution >= 0.6 is 23.2 Å². The monoisotopic (exact) mass is 718 g/mol. The number of amides is 4. The Labute approximate surface area is 301 Å². The van der Waals surface area contributed by atoms with Gasteiger partial charge in [-0.15, -0.1) is 0 Å². The molecular weight excluding hydrogens is 679 g/mol. The maximum Gasteiger partial charge on any atom is 0.253 e. The zero-order chi connectivity index (χ0) is 36.2. The number of aliphatic hydroxyl groups is 2. The van der Waals surface area contributed by atoms with Crippen molar-refractivity contribution in [3.63, 3.8) is 0 Å². The lowest BCUT2D eigenvalue weighted by molar-refractivity contribution is -0.130. The number of halogens is 2. The summed E-state index contributed by atoms with van der Waals surface area (Å²) in [4.78, 5) is 50.2. The molecule has 0 aliphatic rings. The molecular formula is C38H40Cl2N4O6. The first kappa shape index (κ1) is 38.1. The summed E-state index contributed by atoms with van der Waals surface area (Å²) in [6, 6.07) is 26.4. The van der Waals surface area contributed by atoms with E-state index in [4.69, 9.17) is 23.2 Å². The van der Waals surface area contributed by atoms with Crippen LogP contribution in [0.15, 0.2) is 97.1 Å². The quantitative estimate of drug-likeness (QED) is 0.0978. The fourth-order valence-corrected chi connectivity index (χ4v) is 5.65. The Morgan fingerprint density at radius 2 is 0.940 bits per heavy atom. The van der Waals surface area contributed by atoms with Gasteiger partial charge in [0.05, 0.1) is 0 Å². The third kappa shape index (κ3) is 11.4. The molecule has 0 saturated carbocycles. The lowest BCUT2D eigenvalue weighted by atomic mass is 10.0. The fraction of sp³-hybridized carbons (Fsp3) is 0.263. The highest BCUT2D eigenvalue weighted by Gasteiger charge is 2.21. The van der Waals surface area contributed by atoms with Crippen LogP contribution in [0.1, 0.15) is 69.0 Å². The molecule has 0 radical (unpaired) electrons. The number of aliphatic hydroxyl groups excluding tert-OH is 2. The summed E-state index contributed by atoms with van der Waals surface area (Å²) in [5, 5.41) is 32.7. The molecule has 0 aliphatic carbocycles. The molecule has 4 rings (SSSR count). The molecule has 0 heterocycles. The van der Waals surface area contributed by atoms with Crippen molar-refractivity contribution >= 4 is 46.8 Å². The Balaban J connectivity index is 1.14. The number of carbonyl (C=O) groups excluding carboxylic acids is 4. The van der Waals surface area contributed by atoms with Crippen molar-refractivity contribution in [3.05, 3.63) is 140 Å². The van der Waals surface area contributed by atoms with Gasteiger partial charge in [0.1, 0.15) is 0 Å². The number of benzene rings is 4. The first-order chi connectivity index (χ1) is 23.9. The minimum Gasteiger partial charge on any atom is -0.378 e. The second kappa shape index (κ2) is 18.3. The van der Waals surface area contributed by atoms with E-state index in [1.165, 1.54) is 0 Å². The van der Waals surface area contributed by atoms with Crippen LogP contribution in [0.3, 0.4) is 0 Å². The van der Waals surface area contributed by atoms with Crippen LogP contribution in [0.5, 0.6) is 0 Å². The van der Waals surface area contributed by atoms with E-state index in [-0.39, 0.29) is 37.0 Å². The summed E-state index contributed by atoms with van der Waals surface area (Å²) >= 11 is 11.9. The molecule has 0 saturated heterocycles. The number of rotatable bonds is 15. The van der Waals surface area contributed by atoms with E-state index in [0.717, 1.165) is 11.1 Å². The van der Waals surface area contributed by atoms with Gasteiger partial charge in [-0.25, -0.2) is 0 Å². The van der Waals surface area contributed by atoms with Gasteiger partial charge < -0.3 is 31.5 Å². The van der Waals surface area contributed by atoms with Crippen LogP contribution in [0, 0.1) is 0 Å². The fourth-order valence-electron chi connectivity index (χ4n) is 5.25. The molecule has 0 aliphatic heterocycles. The van der Waals surface area contributed by atoms with E-state index in [2.05, 4.69) is 21.3 Å². The van der Waals surface area contributed by atoms with E-state index >= 15 is 0 Å². The van der Waals surface area contributed by atoms with Crippen molar-refractivity contribution in [1.82, 2.24) is 21.3 Å². The lowest BCUT2D eigenvalue weighted by Gasteiger charge is -2.17. The standard InChI is InChI=1S/C38H40Cl2N4O6/c1-23(43-37(49)33(45)29-5-3-7-31(39)21-29)19-25-9-13-27(14-10-25)35(47)41-17-18-42-36(48)28-15-11-26(12-16-28)20-24(2)44-38(50)34(46)30-6-4-8-32(40)22-30/h3-16,21-24,33-34,45-46H,17-20H2,1-2H3,(H,41,47)(H,42,48)(H,43,49)(H,44,50)/t23-,24-,33-,34-/m1/s1. The molecule has 10 nitrogen and oxygen atoms in total. The summed E-state index contributed by atoms with van der Waals surface area (Å²) < 4.78 is 0. The van der Waals surface area contributed by atoms with Gasteiger partial charge in [-0.1, -0.05) is 71.7 Å². The molecule has 4 atom stereocenters. The van der Waals surface area contributed by atoms with Gasteiger partial charge in [-0.2, -0.15) is 0 Å². The molecule has 0 fully saturated rings. The predicted octanol–water partition coefficient (Wildman–Crippen LogP) is 4.71. The zero-order valence-electron chi connectivity index (χ0n) is 27.7. The first-order valence-corrected chi connectivity index (χ1v) is 16.9. The normalized spacial score (nSPS) is 13.3. The molecule has 0 unspecified atom stereocenters. The second-order valence-electron chi connectivity index (χ2n) is 12.0. The highest BCUT2D eigenvalue weighted by Crippen LogP contribution is 2.20. The van der Waals surface area contributed by atoms with Gasteiger partial charge in [-0.05, 0) is 97.5 Å². The second-order valence-corrected chi connectivity index (χ2v) is 12.9. The third-order valence-electron chi connectivity index (χ3n) is 7.81. The minimum atomic E-state index is -1.34. The lowest BCUT2D eigenvalue weighted by Crippen LogP contribution is -2.37. The zero-order valence-corrected chi connectivity index (χ0v) is 29.2. The largest absolute Gasteiger partial charge is 0.378 e. The molecule has 0 bridgehead atoms. The van der Waals surface area contributed by atoms with E-state index < -0.39 is 24.0 Å². The average Bonchev–Trinajstić information content (AvgIpc) is 3.09. The third-order valence-corrected chi connectivity index (χ3v) is 8.29. The maximum atomic E-state index is 12.6. The van der Waals surface area contributed by atoms with Crippen molar-refractivity contribution in [2.45, 2.75) is 51.0 Å². The minimum absolute atomic E-state index is 0.223. The van der Waals surface area contributed by atoms with E-state index in [1.807, 2.05) is 13.8 Å². The topological polar surface area (TPSA) is 157 Å². The van der Waals surface area contributed by atoms with Crippen molar-refractivity contribution in [3.8, 4) is 0 Å². The van der Waals surface area contributed by atoms with Gasteiger partial charge in [0.2, 0.25) is 0 Å². The van der Waals surface area contributed by atoms with Crippen molar-refractivity contribution < 1.29 is 29.4 Å². The first-order valence-electron chi connectivity index (χ1n) is 16.1. The van der Waals surface area contributed by atoms with E-state index in [1.54, 1.807) is 97.1 Å². The molecule has 12 heteroatoms. The maximum absolute atomic E-state index is 12.6. The highest BCUT2D eigenvalue weighted by molar-refractivity contribution is 6.31. The summed E-state index contributed by atoms with van der Waals surface area (Å²) in [6.45, 7) is 4.10. The van der Waals surface area contributed by atoms with Crippen molar-refractivity contribution in [2.24, 2.45) is 0 Å². The van der Waals surface area contributed by atoms with Crippen LogP contribution in [0.4, 0.5) is 0 Å². The number of hydrogen-bond donors (Lipinski definition) is 6. The van der Waals surface area contributed by atoms with Crippen LogP contribution in [-0.2, 0) is 22.4 Å². The summed E-state index contributed by atoms with van der Waals surface area (Å²) in [5.41, 5.74) is 3.52. The molecule has 50 heavy (non-hydrogen) atoms. The van der Waals surface area contributed by atoms with Gasteiger partial charge in [-0.3, -0.25) is 19.2 Å². The Bertz CT molecular complexity index is 1650. The molecule has 0 spiro atoms. The van der Waals surface area contributed by atoms with Crippen molar-refractivity contribution in [1.29, 1.82) is 0 Å². The molecule has 262 valence electrons. The predicted molar refractivity (Wildman–Crippen MR) is 193 cm³/mol. The summed E-state index contributed by atoms with van der Waals surface area (Å²) in [5.74, 6) is -1.63. The van der Waals surface area contributed by atoms with Crippen molar-refractivity contribution in [2.75, 3.05) is 13.1 Å². The van der Waals surface area contributed by atoms with Gasteiger partial charge in [0.15, 0.2) is 12.2 Å². The number of carbonyl (C=O) groups is 4. The highest BCUT2D eigenvalue weighted by atomic mass is 35.5. The molecule has 4 aromatic rings. The summed E-state index contributed by atoms with van der Waals surface area (Å²) in [7, 11) is 0. The van der Waals surface area contributed by atoms with Crippen LogP contribution in [0.2, 0.25) is 10.0 Å². The SMILES string of the molecule is C[C@H](Cc1ccc(C(=O)NCCNC(=O)c2ccc(C[C@@H](C)NC(=O)[C@H](O)c3cccc(Cl)c3)cc2)cc1)NC(=O)[C@H](O)c1cccc(Cl)c1. The van der Waals surface area contributed by atoms with E-state index in [0.29, 0.717) is 45.1 Å². The number of nitrogens with one attached hydrogen (secondary N) is 4. The van der Waals surface area contributed by atoms with E-state index in [9.17, 15) is 29.4 Å². The molecule has 0 aromatic heterocycles. The Morgan fingerprint density at radius 1 is 0.580 bits per heavy atom. The smallest absolute Gasteiger partial charge is 0.253 e.